The molecule has 0 N–H and O–H groups in total. The average Bonchev–Trinajstić information content (AvgIpc) is 2.95. The number of pyridine rings is 1. The molecule has 1 amide bonds. The van der Waals surface area contributed by atoms with Crippen molar-refractivity contribution in [1.29, 1.82) is 0 Å². The molecule has 1 fully saturated rings. The number of carbonyl (C=O) groups is 1. The van der Waals surface area contributed by atoms with Crippen molar-refractivity contribution in [3.05, 3.63) is 41.6 Å². The van der Waals surface area contributed by atoms with E-state index < -0.39 is 5.60 Å². The van der Waals surface area contributed by atoms with Crippen LogP contribution >= 0.6 is 0 Å². The number of hydrogen-bond donors (Lipinski definition) is 0. The van der Waals surface area contributed by atoms with Crippen LogP contribution in [0.3, 0.4) is 0 Å². The van der Waals surface area contributed by atoms with Gasteiger partial charge in [-0.05, 0) is 58.2 Å². The van der Waals surface area contributed by atoms with Gasteiger partial charge in [-0.15, -0.1) is 0 Å². The van der Waals surface area contributed by atoms with Crippen LogP contribution in [-0.2, 0) is 4.74 Å². The Kier molecular flexibility index (Phi) is 4.00. The maximum atomic E-state index is 12.5. The van der Waals surface area contributed by atoms with Crippen molar-refractivity contribution >= 4 is 17.0 Å². The minimum Gasteiger partial charge on any atom is -0.444 e. The van der Waals surface area contributed by atoms with Gasteiger partial charge in [0.15, 0.2) is 0 Å². The SMILES string of the molecule is Cc1cc([C@H]2CCCN2C(=O)OC(C)(C)C)nc2ccccc12. The van der Waals surface area contributed by atoms with Crippen molar-refractivity contribution in [2.24, 2.45) is 0 Å². The van der Waals surface area contributed by atoms with Gasteiger partial charge in [-0.25, -0.2) is 4.79 Å². The Morgan fingerprint density at radius 3 is 2.78 bits per heavy atom. The third-order valence-electron chi connectivity index (χ3n) is 4.17. The van der Waals surface area contributed by atoms with Crippen molar-refractivity contribution in [3.63, 3.8) is 0 Å². The number of likely N-dealkylation sites (tertiary alicyclic amines) is 1. The summed E-state index contributed by atoms with van der Waals surface area (Å²) in [4.78, 5) is 19.1. The monoisotopic (exact) mass is 312 g/mol. The molecule has 0 saturated carbocycles. The molecule has 4 nitrogen and oxygen atoms in total. The number of nitrogens with zero attached hydrogens (tertiary/aromatic N) is 2. The summed E-state index contributed by atoms with van der Waals surface area (Å²) < 4.78 is 5.55. The van der Waals surface area contributed by atoms with E-state index in [1.54, 1.807) is 0 Å². The lowest BCUT2D eigenvalue weighted by Gasteiger charge is -2.28. The normalized spacial score (nSPS) is 18.4. The lowest BCUT2D eigenvalue weighted by molar-refractivity contribution is 0.0221. The summed E-state index contributed by atoms with van der Waals surface area (Å²) in [5.74, 6) is 0. The molecule has 0 unspecified atom stereocenters. The number of rotatable bonds is 1. The van der Waals surface area contributed by atoms with E-state index in [4.69, 9.17) is 9.72 Å². The first-order valence-corrected chi connectivity index (χ1v) is 8.21. The highest BCUT2D eigenvalue weighted by molar-refractivity contribution is 5.82. The lowest BCUT2D eigenvalue weighted by atomic mass is 10.0. The predicted molar refractivity (Wildman–Crippen MR) is 91.4 cm³/mol. The molecule has 23 heavy (non-hydrogen) atoms. The van der Waals surface area contributed by atoms with Crippen molar-refractivity contribution in [1.82, 2.24) is 9.88 Å². The molecule has 0 radical (unpaired) electrons. The predicted octanol–water partition coefficient (Wildman–Crippen LogP) is 4.62. The molecule has 1 aromatic heterocycles. The molecule has 2 aromatic rings. The maximum absolute atomic E-state index is 12.5. The van der Waals surface area contributed by atoms with E-state index in [1.807, 2.05) is 43.9 Å². The highest BCUT2D eigenvalue weighted by atomic mass is 16.6. The molecule has 3 rings (SSSR count). The topological polar surface area (TPSA) is 42.4 Å². The number of ether oxygens (including phenoxy) is 1. The molecule has 4 heteroatoms. The third-order valence-corrected chi connectivity index (χ3v) is 4.17. The number of aryl methyl sites for hydroxylation is 1. The van der Waals surface area contributed by atoms with Crippen molar-refractivity contribution in [2.45, 2.75) is 52.2 Å². The van der Waals surface area contributed by atoms with Gasteiger partial charge in [0.1, 0.15) is 5.60 Å². The number of amides is 1. The summed E-state index contributed by atoms with van der Waals surface area (Å²) >= 11 is 0. The van der Waals surface area contributed by atoms with Gasteiger partial charge in [0, 0.05) is 11.9 Å². The van der Waals surface area contributed by atoms with E-state index in [9.17, 15) is 4.79 Å². The highest BCUT2D eigenvalue weighted by Gasteiger charge is 2.34. The molecule has 1 saturated heterocycles. The van der Waals surface area contributed by atoms with Crippen molar-refractivity contribution in [2.75, 3.05) is 6.54 Å². The Morgan fingerprint density at radius 1 is 1.30 bits per heavy atom. The van der Waals surface area contributed by atoms with Crippen molar-refractivity contribution < 1.29 is 9.53 Å². The Bertz CT molecular complexity index is 734. The summed E-state index contributed by atoms with van der Waals surface area (Å²) in [6, 6.07) is 10.3. The lowest BCUT2D eigenvalue weighted by Crippen LogP contribution is -2.36. The number of aromatic nitrogens is 1. The third kappa shape index (κ3) is 3.31. The standard InChI is InChI=1S/C19H24N2O2/c1-13-12-16(20-15-9-6-5-8-14(13)15)17-10-7-11-21(17)18(22)23-19(2,3)4/h5-6,8-9,12,17H,7,10-11H2,1-4H3/t17-/m1/s1. The first kappa shape index (κ1) is 15.8. The molecular weight excluding hydrogens is 288 g/mol. The van der Waals surface area contributed by atoms with Gasteiger partial charge in [-0.2, -0.15) is 0 Å². The second kappa shape index (κ2) is 5.84. The minimum absolute atomic E-state index is 0.00755. The zero-order valence-corrected chi connectivity index (χ0v) is 14.3. The molecule has 1 aliphatic heterocycles. The van der Waals surface area contributed by atoms with E-state index in [-0.39, 0.29) is 12.1 Å². The zero-order chi connectivity index (χ0) is 16.6. The molecular formula is C19H24N2O2. The molecule has 122 valence electrons. The van der Waals surface area contributed by atoms with Crippen LogP contribution in [-0.4, -0.2) is 28.1 Å². The van der Waals surface area contributed by atoms with Crippen LogP contribution < -0.4 is 0 Å². The molecule has 2 heterocycles. The fraction of sp³-hybridized carbons (Fsp3) is 0.474. The van der Waals surface area contributed by atoms with Crippen LogP contribution in [0.5, 0.6) is 0 Å². The molecule has 1 atom stereocenters. The van der Waals surface area contributed by atoms with Crippen LogP contribution in [0, 0.1) is 6.92 Å². The number of hydrogen-bond acceptors (Lipinski definition) is 3. The number of fused-ring (bicyclic) bond motifs is 1. The van der Waals surface area contributed by atoms with Gasteiger partial charge in [0.05, 0.1) is 17.3 Å². The van der Waals surface area contributed by atoms with Crippen LogP contribution in [0.1, 0.15) is 50.9 Å². The Labute approximate surface area is 137 Å². The highest BCUT2D eigenvalue weighted by Crippen LogP contribution is 2.33. The molecule has 0 aliphatic carbocycles. The molecule has 1 aliphatic rings. The fourth-order valence-corrected chi connectivity index (χ4v) is 3.16. The van der Waals surface area contributed by atoms with Gasteiger partial charge in [-0.3, -0.25) is 9.88 Å². The van der Waals surface area contributed by atoms with Gasteiger partial charge >= 0.3 is 6.09 Å². The second-order valence-corrected chi connectivity index (χ2v) is 7.21. The van der Waals surface area contributed by atoms with Gasteiger partial charge < -0.3 is 4.74 Å². The Hall–Kier alpha value is -2.10. The van der Waals surface area contributed by atoms with Crippen LogP contribution in [0.2, 0.25) is 0 Å². The zero-order valence-electron chi connectivity index (χ0n) is 14.3. The van der Waals surface area contributed by atoms with Crippen molar-refractivity contribution in [3.8, 4) is 0 Å². The summed E-state index contributed by atoms with van der Waals surface area (Å²) in [5.41, 5.74) is 2.67. The van der Waals surface area contributed by atoms with E-state index >= 15 is 0 Å². The Morgan fingerprint density at radius 2 is 2.04 bits per heavy atom. The Balaban J connectivity index is 1.92. The first-order valence-electron chi connectivity index (χ1n) is 8.21. The first-order chi connectivity index (χ1) is 10.8. The van der Waals surface area contributed by atoms with Crippen LogP contribution in [0.4, 0.5) is 4.79 Å². The minimum atomic E-state index is -0.475. The summed E-state index contributed by atoms with van der Waals surface area (Å²) in [7, 11) is 0. The molecule has 1 aromatic carbocycles. The van der Waals surface area contributed by atoms with Gasteiger partial charge in [-0.1, -0.05) is 18.2 Å². The smallest absolute Gasteiger partial charge is 0.410 e. The van der Waals surface area contributed by atoms with Gasteiger partial charge in [0.25, 0.3) is 0 Å². The van der Waals surface area contributed by atoms with E-state index in [0.29, 0.717) is 0 Å². The van der Waals surface area contributed by atoms with Crippen LogP contribution in [0.15, 0.2) is 30.3 Å². The molecule has 0 bridgehead atoms. The molecule has 0 spiro atoms. The summed E-state index contributed by atoms with van der Waals surface area (Å²) in [5, 5.41) is 1.16. The summed E-state index contributed by atoms with van der Waals surface area (Å²) in [6.07, 6.45) is 1.68. The maximum Gasteiger partial charge on any atom is 0.410 e. The average molecular weight is 312 g/mol. The van der Waals surface area contributed by atoms with E-state index in [2.05, 4.69) is 19.1 Å². The quantitative estimate of drug-likeness (QED) is 0.772. The van der Waals surface area contributed by atoms with Crippen LogP contribution in [0.25, 0.3) is 10.9 Å². The summed E-state index contributed by atoms with van der Waals surface area (Å²) in [6.45, 7) is 8.52. The van der Waals surface area contributed by atoms with E-state index in [0.717, 1.165) is 36.0 Å². The van der Waals surface area contributed by atoms with E-state index in [1.165, 1.54) is 5.56 Å². The second-order valence-electron chi connectivity index (χ2n) is 7.21. The van der Waals surface area contributed by atoms with Gasteiger partial charge in [0.2, 0.25) is 0 Å². The number of para-hydroxylation sites is 1. The number of benzene rings is 1. The largest absolute Gasteiger partial charge is 0.444 e. The number of carbonyl (C=O) groups excluding carboxylic acids is 1. The fourth-order valence-electron chi connectivity index (χ4n) is 3.16.